The number of amidine groups is 1. The number of carbonyl (C=O) groups excluding carboxylic acids is 5. The Morgan fingerprint density at radius 1 is 0.471 bits per heavy atom. The molecule has 0 aliphatic carbocycles. The van der Waals surface area contributed by atoms with Crippen LogP contribution in [0.4, 0.5) is 14.4 Å². The van der Waals surface area contributed by atoms with Crippen molar-refractivity contribution in [3.63, 3.8) is 0 Å². The van der Waals surface area contributed by atoms with Gasteiger partial charge < -0.3 is 113 Å². The van der Waals surface area contributed by atoms with Gasteiger partial charge >= 0.3 is 0 Å². The summed E-state index contributed by atoms with van der Waals surface area (Å²) < 4.78 is 0. The Labute approximate surface area is 514 Å². The van der Waals surface area contributed by atoms with Crippen molar-refractivity contribution in [1.29, 1.82) is 0 Å². The summed E-state index contributed by atoms with van der Waals surface area (Å²) in [5.74, 6) is 3.17. The topological polar surface area (TPSA) is 672 Å². The van der Waals surface area contributed by atoms with Crippen LogP contribution in [0, 0.1) is 29.6 Å². The van der Waals surface area contributed by atoms with Crippen molar-refractivity contribution >= 4 is 109 Å². The second-order valence-electron chi connectivity index (χ2n) is 17.4. The van der Waals surface area contributed by atoms with Gasteiger partial charge in [-0.05, 0) is 105 Å². The molecule has 0 aromatic rings. The van der Waals surface area contributed by atoms with Gasteiger partial charge in [0.25, 0.3) is 6.47 Å². The molecule has 0 spiro atoms. The lowest BCUT2D eigenvalue weighted by molar-refractivity contribution is -0.652. The maximum Gasteiger partial charge on any atom is 0.287 e. The van der Waals surface area contributed by atoms with Crippen LogP contribution in [0.3, 0.4) is 0 Å². The lowest BCUT2D eigenvalue weighted by Crippen LogP contribution is -2.45. The van der Waals surface area contributed by atoms with Crippen LogP contribution in [0.25, 0.3) is 0 Å². The van der Waals surface area contributed by atoms with Gasteiger partial charge in [0.05, 0.1) is 12.6 Å². The van der Waals surface area contributed by atoms with Crippen molar-refractivity contribution in [2.24, 2.45) is 118 Å². The molecule has 0 aliphatic rings. The first-order chi connectivity index (χ1) is 38.2. The van der Waals surface area contributed by atoms with Crippen molar-refractivity contribution in [3.05, 3.63) is 0 Å². The van der Waals surface area contributed by atoms with Crippen LogP contribution in [0.15, 0.2) is 25.0 Å². The summed E-state index contributed by atoms with van der Waals surface area (Å²) >= 11 is 0. The molecular weight excluding hydrogens is 1170 g/mol. The molecule has 0 aromatic heterocycles. The monoisotopic (exact) mass is 1270 g/mol. The summed E-state index contributed by atoms with van der Waals surface area (Å²) in [7, 11) is 0. The number of nitrogens with zero attached hydrogens (tertiary/aromatic N) is 5. The van der Waals surface area contributed by atoms with Gasteiger partial charge in [-0.1, -0.05) is 67.7 Å². The summed E-state index contributed by atoms with van der Waals surface area (Å²) in [6, 6.07) is 0.264. The number of halogens is 2. The first kappa shape index (κ1) is 106. The highest BCUT2D eigenvalue weighted by Crippen LogP contribution is 2.15. The Morgan fingerprint density at radius 3 is 1.02 bits per heavy atom. The number of Topliss-reactive ketones (excluding diaryl/α,β-unsaturated/α-hetero) is 4. The van der Waals surface area contributed by atoms with E-state index in [1.807, 2.05) is 34.6 Å². The fourth-order valence-corrected chi connectivity index (χ4v) is 5.37. The largest absolute Gasteiger partial charge is 0.662 e. The minimum absolute atomic E-state index is 0. The lowest BCUT2D eigenvalue weighted by atomic mass is 9.95. The quantitative estimate of drug-likeness (QED) is 0.00941. The van der Waals surface area contributed by atoms with E-state index in [-0.39, 0.29) is 108 Å². The van der Waals surface area contributed by atoms with E-state index in [0.717, 1.165) is 96.4 Å². The Morgan fingerprint density at radius 2 is 0.776 bits per heavy atom. The van der Waals surface area contributed by atoms with E-state index in [1.165, 1.54) is 0 Å². The van der Waals surface area contributed by atoms with E-state index < -0.39 is 18.5 Å². The van der Waals surface area contributed by atoms with E-state index in [9.17, 15) is 19.2 Å². The third kappa shape index (κ3) is 133. The summed E-state index contributed by atoms with van der Waals surface area (Å²) in [6.07, 6.45) is 6.91. The molecule has 27 N–H and O–H groups in total. The van der Waals surface area contributed by atoms with Gasteiger partial charge in [0, 0.05) is 49.7 Å². The first-order valence-electron chi connectivity index (χ1n) is 26.4. The smallest absolute Gasteiger partial charge is 0.287 e. The zero-order valence-corrected chi connectivity index (χ0v) is 53.5. The number of hydrogen-bond acceptors (Lipinski definition) is 18. The van der Waals surface area contributed by atoms with E-state index in [1.54, 1.807) is 27.7 Å². The van der Waals surface area contributed by atoms with Crippen molar-refractivity contribution in [2.45, 2.75) is 179 Å². The average molecular weight is 1270 g/mol. The number of ketones is 4. The fourth-order valence-electron chi connectivity index (χ4n) is 5.37. The van der Waals surface area contributed by atoms with Crippen LogP contribution in [-0.4, -0.2) is 131 Å². The predicted octanol–water partition coefficient (Wildman–Crippen LogP) is -2.23. The SMILES string of the molecule is CCC(C)CN=C(N)N.CCC(C)N=C(N)N.CCC(CCCCCC(N)=[NH2+])C(C)=O.CCC(CCCN=C(N)N)C(C)=O.CCC(CCN=C(N)N)C(C)=O.CCC(CN=C(N)N)C(C)=O.Cl.Cl.O=C([O-])O.O=C([O-])O.O=C([O-])O.O=CO[O-]. The molecule has 0 saturated heterocycles. The van der Waals surface area contributed by atoms with Gasteiger partial charge in [0.15, 0.2) is 29.8 Å². The highest BCUT2D eigenvalue weighted by atomic mass is 35.5. The highest BCUT2D eigenvalue weighted by Gasteiger charge is 2.13. The molecule has 0 amide bonds. The molecule has 6 unspecified atom stereocenters. The van der Waals surface area contributed by atoms with Crippen LogP contribution in [0.2, 0.25) is 0 Å². The fraction of sp³-hybridized carbons (Fsp3) is 0.720. The summed E-state index contributed by atoms with van der Waals surface area (Å²) in [5.41, 5.74) is 56.6. The van der Waals surface area contributed by atoms with Crippen molar-refractivity contribution < 1.29 is 84.5 Å². The third-order valence-electron chi connectivity index (χ3n) is 10.3. The second-order valence-corrected chi connectivity index (χ2v) is 17.4. The molecule has 0 aromatic carbocycles. The van der Waals surface area contributed by atoms with Gasteiger partial charge in [-0.15, -0.1) is 24.8 Å². The van der Waals surface area contributed by atoms with Gasteiger partial charge in [0.1, 0.15) is 23.1 Å². The van der Waals surface area contributed by atoms with E-state index in [2.05, 4.69) is 50.6 Å². The van der Waals surface area contributed by atoms with E-state index in [4.69, 9.17) is 124 Å². The standard InChI is InChI=1S/C11H22N2O.C9H19N3O.C8H17N3O.C7H15N3O.C6H15N3.C5H13N3.4CH2O3.2ClH/c1-3-10(9(2)14)7-5-4-6-8-11(12)13;1-3-8(7(2)13)5-4-6-12-9(10)11;1-3-7(6(2)12)4-5-11-8(9)10;1-3-6(5(2)11)4-10-7(8)9;1-3-5(2)4-9-6(7)8;1-3-4(2)8-5(6)7;2-1-4-3;3*2-1(3)4;;/h10H,3-8H2,1-2H3,(H3,12,13);8H,3-6H2,1-2H3,(H4,10,11,12);7H,3-5H2,1-2H3,(H4,9,10,11);6H,3-4H2,1-2H3,(H4,8,9,10);5H,3-4H2,1-2H3,(H4,7,8,9);4H,3H2,1-2H3,(H4,6,7,8);1,3H;3*(H2,2,3,4);2*1H/p-3. The van der Waals surface area contributed by atoms with E-state index >= 15 is 0 Å². The normalized spacial score (nSPS) is 10.8. The van der Waals surface area contributed by atoms with Crippen molar-refractivity contribution in [2.75, 3.05) is 26.2 Å². The highest BCUT2D eigenvalue weighted by molar-refractivity contribution is 5.86. The molecule has 0 radical (unpaired) electrons. The molecule has 0 heterocycles. The van der Waals surface area contributed by atoms with Crippen molar-refractivity contribution in [3.8, 4) is 0 Å². The third-order valence-corrected chi connectivity index (χ3v) is 10.3. The van der Waals surface area contributed by atoms with Crippen LogP contribution in [0.1, 0.15) is 173 Å². The molecule has 6 atom stereocenters. The molecule has 0 saturated carbocycles. The number of unbranched alkanes of at least 4 members (excludes halogenated alkanes) is 2. The zero-order chi connectivity index (χ0) is 67.6. The van der Waals surface area contributed by atoms with Gasteiger partial charge in [-0.25, -0.2) is 0 Å². The van der Waals surface area contributed by atoms with Crippen molar-refractivity contribution in [1.82, 2.24) is 0 Å². The number of carboxylic acid groups (broad SMARTS) is 6. The number of nitrogens with two attached hydrogens (primary N) is 12. The molecule has 85 heavy (non-hydrogen) atoms. The van der Waals surface area contributed by atoms with Crippen LogP contribution in [0.5, 0.6) is 0 Å². The minimum atomic E-state index is -2.08. The van der Waals surface area contributed by atoms with Crippen LogP contribution >= 0.6 is 24.8 Å². The maximum absolute atomic E-state index is 11.1. The predicted molar refractivity (Wildman–Crippen MR) is 329 cm³/mol. The second kappa shape index (κ2) is 78.4. The minimum Gasteiger partial charge on any atom is -0.662 e. The Balaban J connectivity index is -0.0000000715. The Hall–Kier alpha value is -7.68. The molecule has 0 fully saturated rings. The lowest BCUT2D eigenvalue weighted by Gasteiger charge is -2.09. The van der Waals surface area contributed by atoms with Crippen LogP contribution < -0.4 is 89.1 Å². The average Bonchev–Trinajstić information content (AvgIpc) is 3.35. The molecule has 0 bridgehead atoms. The number of rotatable bonds is 29. The van der Waals surface area contributed by atoms with Crippen LogP contribution in [-0.2, 0) is 28.9 Å². The summed E-state index contributed by atoms with van der Waals surface area (Å²) in [6.45, 7) is 24.9. The Bertz CT molecular complexity index is 1790. The Kier molecular flexibility index (Phi) is 97.3. The van der Waals surface area contributed by atoms with Gasteiger partial charge in [-0.3, -0.25) is 60.1 Å². The van der Waals surface area contributed by atoms with Gasteiger partial charge in [0.2, 0.25) is 24.3 Å². The number of hydrogen-bond donors (Lipinski definition) is 15. The number of carbonyl (C=O) groups is 8. The molecule has 0 aliphatic heterocycles. The number of guanidine groups is 5. The first-order valence-corrected chi connectivity index (χ1v) is 26.4. The molecule has 35 heteroatoms. The maximum atomic E-state index is 11.1. The molecular formula is C50H108Cl2N17O16-3. The zero-order valence-electron chi connectivity index (χ0n) is 51.9. The molecule has 33 nitrogen and oxygen atoms in total. The molecule has 0 rings (SSSR count). The summed E-state index contributed by atoms with van der Waals surface area (Å²) in [5, 5.41) is 59.7. The molecule has 506 valence electrons. The van der Waals surface area contributed by atoms with Gasteiger partial charge in [-0.2, -0.15) is 0 Å². The van der Waals surface area contributed by atoms with E-state index in [0.29, 0.717) is 37.2 Å². The summed E-state index contributed by atoms with van der Waals surface area (Å²) in [4.78, 5) is 99.7. The number of aliphatic imine (C=N–C) groups is 5.